The predicted octanol–water partition coefficient (Wildman–Crippen LogP) is 3.05. The molecule has 0 aromatic heterocycles. The number of benzene rings is 1. The quantitative estimate of drug-likeness (QED) is 0.732. The minimum atomic E-state index is -0.519. The first-order chi connectivity index (χ1) is 12.4. The maximum Gasteiger partial charge on any atom is 0.320 e. The van der Waals surface area contributed by atoms with Crippen molar-refractivity contribution in [2.45, 2.75) is 46.1 Å². The van der Waals surface area contributed by atoms with Crippen LogP contribution in [0.1, 0.15) is 51.7 Å². The van der Waals surface area contributed by atoms with Crippen molar-refractivity contribution in [2.24, 2.45) is 29.4 Å². The van der Waals surface area contributed by atoms with E-state index in [4.69, 9.17) is 10.5 Å². The van der Waals surface area contributed by atoms with E-state index in [1.165, 1.54) is 6.42 Å². The summed E-state index contributed by atoms with van der Waals surface area (Å²) in [5.74, 6) is 1.09. The number of rotatable bonds is 7. The molecule has 4 atom stereocenters. The van der Waals surface area contributed by atoms with Gasteiger partial charge < -0.3 is 15.8 Å². The number of nitrogens with one attached hydrogen (secondary N) is 1. The molecule has 1 aliphatic carbocycles. The van der Waals surface area contributed by atoms with Crippen molar-refractivity contribution < 1.29 is 14.3 Å². The highest BCUT2D eigenvalue weighted by Gasteiger charge is 2.35. The van der Waals surface area contributed by atoms with Gasteiger partial charge in [0.25, 0.3) is 0 Å². The zero-order chi connectivity index (χ0) is 19.1. The third-order valence-corrected chi connectivity index (χ3v) is 5.43. The summed E-state index contributed by atoms with van der Waals surface area (Å²) < 4.78 is 5.44. The zero-order valence-electron chi connectivity index (χ0n) is 16.1. The average Bonchev–Trinajstić information content (AvgIpc) is 2.64. The molecule has 0 radical (unpaired) electrons. The molecule has 3 N–H and O–H groups in total. The molecule has 0 saturated heterocycles. The van der Waals surface area contributed by atoms with Gasteiger partial charge in [0.05, 0.1) is 13.1 Å². The Balaban J connectivity index is 2.04. The Hall–Kier alpha value is -1.88. The van der Waals surface area contributed by atoms with E-state index in [2.05, 4.69) is 26.1 Å². The molecule has 1 fully saturated rings. The fourth-order valence-electron chi connectivity index (χ4n) is 3.93. The molecule has 0 bridgehead atoms. The number of hydrogen-bond donors (Lipinski definition) is 2. The number of carbonyl (C=O) groups is 2. The Morgan fingerprint density at radius 1 is 1.23 bits per heavy atom. The van der Waals surface area contributed by atoms with E-state index in [0.717, 1.165) is 18.4 Å². The minimum Gasteiger partial charge on any atom is -0.455 e. The van der Waals surface area contributed by atoms with Crippen LogP contribution in [0.3, 0.4) is 0 Å². The Kier molecular flexibility index (Phi) is 7.64. The van der Waals surface area contributed by atoms with E-state index < -0.39 is 12.1 Å². The smallest absolute Gasteiger partial charge is 0.320 e. The molecule has 1 saturated carbocycles. The van der Waals surface area contributed by atoms with E-state index in [-0.39, 0.29) is 24.9 Å². The van der Waals surface area contributed by atoms with Gasteiger partial charge in [-0.05, 0) is 36.2 Å². The molecule has 1 amide bonds. The number of ether oxygens (including phenoxy) is 1. The summed E-state index contributed by atoms with van der Waals surface area (Å²) in [6, 6.07) is 9.46. The normalized spacial score (nSPS) is 24.1. The van der Waals surface area contributed by atoms with Crippen LogP contribution in [0.2, 0.25) is 0 Å². The minimum absolute atomic E-state index is 0.0281. The van der Waals surface area contributed by atoms with E-state index >= 15 is 0 Å². The second-order valence-corrected chi connectivity index (χ2v) is 7.77. The Bertz CT molecular complexity index is 588. The molecule has 1 aromatic carbocycles. The summed E-state index contributed by atoms with van der Waals surface area (Å²) in [7, 11) is 0. The van der Waals surface area contributed by atoms with Gasteiger partial charge in [-0.2, -0.15) is 0 Å². The first-order valence-electron chi connectivity index (χ1n) is 9.64. The largest absolute Gasteiger partial charge is 0.455 e. The molecule has 144 valence electrons. The molecule has 0 aliphatic heterocycles. The molecular formula is C21H32N2O3. The van der Waals surface area contributed by atoms with Crippen LogP contribution in [0, 0.1) is 23.7 Å². The molecule has 2 rings (SSSR count). The van der Waals surface area contributed by atoms with Gasteiger partial charge in [0.1, 0.15) is 6.10 Å². The zero-order valence-corrected chi connectivity index (χ0v) is 16.1. The third kappa shape index (κ3) is 5.56. The Morgan fingerprint density at radius 2 is 1.92 bits per heavy atom. The SMILES string of the molecule is CC(C)[C@@H]1CC[C@@H](C)C[C@H]1C(=O)NC[C@H](OC(=O)CN)c1ccccc1. The molecule has 0 unspecified atom stereocenters. The average molecular weight is 360 g/mol. The first-order valence-corrected chi connectivity index (χ1v) is 9.64. The lowest BCUT2D eigenvalue weighted by molar-refractivity contribution is -0.148. The van der Waals surface area contributed by atoms with Crippen LogP contribution in [0.5, 0.6) is 0 Å². The van der Waals surface area contributed by atoms with E-state index in [1.54, 1.807) is 0 Å². The summed E-state index contributed by atoms with van der Waals surface area (Å²) in [6.45, 7) is 6.69. The number of esters is 1. The van der Waals surface area contributed by atoms with Gasteiger partial charge in [-0.1, -0.05) is 57.5 Å². The maximum atomic E-state index is 12.9. The number of amides is 1. The van der Waals surface area contributed by atoms with Gasteiger partial charge in [-0.3, -0.25) is 9.59 Å². The van der Waals surface area contributed by atoms with Crippen LogP contribution in [-0.4, -0.2) is 25.0 Å². The third-order valence-electron chi connectivity index (χ3n) is 5.43. The van der Waals surface area contributed by atoms with Crippen molar-refractivity contribution in [1.82, 2.24) is 5.32 Å². The van der Waals surface area contributed by atoms with Crippen LogP contribution in [0.4, 0.5) is 0 Å². The standard InChI is InChI=1S/C21H32N2O3/c1-14(2)17-10-9-15(3)11-18(17)21(25)23-13-19(26-20(24)12-22)16-7-5-4-6-8-16/h4-8,14-15,17-19H,9-13,22H2,1-3H3,(H,23,25)/t15-,17+,18-,19+/m1/s1. The summed E-state index contributed by atoms with van der Waals surface area (Å²) in [4.78, 5) is 24.5. The summed E-state index contributed by atoms with van der Waals surface area (Å²) in [5.41, 5.74) is 6.23. The van der Waals surface area contributed by atoms with Gasteiger partial charge in [0.2, 0.25) is 5.91 Å². The molecule has 0 spiro atoms. The van der Waals surface area contributed by atoms with Crippen molar-refractivity contribution in [3.05, 3.63) is 35.9 Å². The fraction of sp³-hybridized carbons (Fsp3) is 0.619. The topological polar surface area (TPSA) is 81.4 Å². The van der Waals surface area contributed by atoms with Gasteiger partial charge in [0, 0.05) is 5.92 Å². The summed E-state index contributed by atoms with van der Waals surface area (Å²) in [6.07, 6.45) is 2.69. The maximum absolute atomic E-state index is 12.9. The first kappa shape index (κ1) is 20.4. The molecule has 1 aromatic rings. The van der Waals surface area contributed by atoms with Crippen LogP contribution >= 0.6 is 0 Å². The van der Waals surface area contributed by atoms with Gasteiger partial charge >= 0.3 is 5.97 Å². The highest BCUT2D eigenvalue weighted by atomic mass is 16.5. The van der Waals surface area contributed by atoms with Crippen molar-refractivity contribution in [1.29, 1.82) is 0 Å². The molecule has 1 aliphatic rings. The summed E-state index contributed by atoms with van der Waals surface area (Å²) in [5, 5.41) is 3.03. The molecular weight excluding hydrogens is 328 g/mol. The second-order valence-electron chi connectivity index (χ2n) is 7.77. The second kappa shape index (κ2) is 9.72. The lowest BCUT2D eigenvalue weighted by atomic mass is 9.70. The Morgan fingerprint density at radius 3 is 2.54 bits per heavy atom. The number of hydrogen-bond acceptors (Lipinski definition) is 4. The van der Waals surface area contributed by atoms with Crippen LogP contribution < -0.4 is 11.1 Å². The molecule has 5 heteroatoms. The monoisotopic (exact) mass is 360 g/mol. The lowest BCUT2D eigenvalue weighted by Gasteiger charge is -2.36. The lowest BCUT2D eigenvalue weighted by Crippen LogP contribution is -2.42. The van der Waals surface area contributed by atoms with Crippen LogP contribution in [0.25, 0.3) is 0 Å². The Labute approximate surface area is 156 Å². The van der Waals surface area contributed by atoms with Gasteiger partial charge in [0.15, 0.2) is 0 Å². The highest BCUT2D eigenvalue weighted by Crippen LogP contribution is 2.38. The summed E-state index contributed by atoms with van der Waals surface area (Å²) >= 11 is 0. The van der Waals surface area contributed by atoms with E-state index in [0.29, 0.717) is 17.8 Å². The van der Waals surface area contributed by atoms with Crippen molar-refractivity contribution in [2.75, 3.05) is 13.1 Å². The van der Waals surface area contributed by atoms with E-state index in [1.807, 2.05) is 30.3 Å². The van der Waals surface area contributed by atoms with Crippen molar-refractivity contribution in [3.8, 4) is 0 Å². The van der Waals surface area contributed by atoms with E-state index in [9.17, 15) is 9.59 Å². The molecule has 5 nitrogen and oxygen atoms in total. The predicted molar refractivity (Wildman–Crippen MR) is 102 cm³/mol. The van der Waals surface area contributed by atoms with Gasteiger partial charge in [-0.25, -0.2) is 0 Å². The highest BCUT2D eigenvalue weighted by molar-refractivity contribution is 5.79. The van der Waals surface area contributed by atoms with Crippen molar-refractivity contribution >= 4 is 11.9 Å². The number of nitrogens with two attached hydrogens (primary N) is 1. The molecule has 0 heterocycles. The van der Waals surface area contributed by atoms with Gasteiger partial charge in [-0.15, -0.1) is 0 Å². The number of carbonyl (C=O) groups excluding carboxylic acids is 2. The fourth-order valence-corrected chi connectivity index (χ4v) is 3.93. The van der Waals surface area contributed by atoms with Crippen molar-refractivity contribution in [3.63, 3.8) is 0 Å². The van der Waals surface area contributed by atoms with Crippen LogP contribution in [0.15, 0.2) is 30.3 Å². The van der Waals surface area contributed by atoms with Crippen LogP contribution in [-0.2, 0) is 14.3 Å². The molecule has 26 heavy (non-hydrogen) atoms.